The molecule has 2 aliphatic carbocycles. The third kappa shape index (κ3) is 3.44. The maximum atomic E-state index is 11.9. The molecule has 0 spiro atoms. The van der Waals surface area contributed by atoms with Crippen LogP contribution in [-0.4, -0.2) is 21.6 Å². The molecule has 1 aromatic carbocycles. The van der Waals surface area contributed by atoms with E-state index in [1.54, 1.807) is 42.6 Å². The average Bonchev–Trinajstić information content (AvgIpc) is 2.70. The van der Waals surface area contributed by atoms with E-state index >= 15 is 0 Å². The van der Waals surface area contributed by atoms with E-state index < -0.39 is 5.54 Å². The van der Waals surface area contributed by atoms with Crippen molar-refractivity contribution in [3.05, 3.63) is 92.9 Å². The molecule has 0 amide bonds. The highest BCUT2D eigenvalue weighted by Gasteiger charge is 2.46. The lowest BCUT2D eigenvalue weighted by Crippen LogP contribution is -2.40. The first kappa shape index (κ1) is 20.1. The molecular weight excluding hydrogens is 378 g/mol. The van der Waals surface area contributed by atoms with Crippen LogP contribution in [0.15, 0.2) is 75.6 Å². The summed E-state index contributed by atoms with van der Waals surface area (Å²) in [5.74, 6) is 0.216. The van der Waals surface area contributed by atoms with Crippen LogP contribution in [0.2, 0.25) is 0 Å². The molecule has 0 fully saturated rings. The second-order valence-electron chi connectivity index (χ2n) is 7.81. The number of allylic oxidation sites excluding steroid dienone is 3. The highest BCUT2D eigenvalue weighted by Crippen LogP contribution is 2.51. The van der Waals surface area contributed by atoms with E-state index in [1.165, 1.54) is 11.1 Å². The summed E-state index contributed by atoms with van der Waals surface area (Å²) in [4.78, 5) is 19.9. The summed E-state index contributed by atoms with van der Waals surface area (Å²) in [5.41, 5.74) is 4.82. The lowest BCUT2D eigenvalue weighted by atomic mass is 9.63. The number of anilines is 1. The lowest BCUT2D eigenvalue weighted by Gasteiger charge is -2.45. The molecule has 0 radical (unpaired) electrons. The minimum Gasteiger partial charge on any atom is -0.326 e. The molecule has 2 atom stereocenters. The number of fused-ring (bicyclic) bond motifs is 4. The first-order chi connectivity index (χ1) is 14.4. The van der Waals surface area contributed by atoms with Gasteiger partial charge in [-0.05, 0) is 44.1 Å². The zero-order valence-electron chi connectivity index (χ0n) is 17.0. The van der Waals surface area contributed by atoms with E-state index in [4.69, 9.17) is 4.99 Å². The Morgan fingerprint density at radius 2 is 2.03 bits per heavy atom. The Hall–Kier alpha value is -3.22. The Morgan fingerprint density at radius 1 is 1.23 bits per heavy atom. The number of hydrogen-bond acceptors (Lipinski definition) is 5. The third-order valence-corrected chi connectivity index (χ3v) is 5.89. The molecule has 6 heteroatoms. The molecule has 4 rings (SSSR count). The van der Waals surface area contributed by atoms with E-state index in [-0.39, 0.29) is 22.4 Å². The van der Waals surface area contributed by atoms with E-state index in [1.807, 2.05) is 19.1 Å². The van der Waals surface area contributed by atoms with E-state index in [0.29, 0.717) is 5.56 Å². The fourth-order valence-corrected chi connectivity index (χ4v) is 4.78. The van der Waals surface area contributed by atoms with Crippen LogP contribution in [0.25, 0.3) is 6.08 Å². The first-order valence-corrected chi connectivity index (χ1v) is 10.00. The van der Waals surface area contributed by atoms with Crippen molar-refractivity contribution in [1.29, 1.82) is 0 Å². The van der Waals surface area contributed by atoms with E-state index in [0.717, 1.165) is 24.1 Å². The fourth-order valence-electron chi connectivity index (χ4n) is 4.78. The minimum atomic E-state index is -0.542. The van der Waals surface area contributed by atoms with Gasteiger partial charge in [0.2, 0.25) is 5.56 Å². The van der Waals surface area contributed by atoms with Crippen molar-refractivity contribution in [2.75, 3.05) is 5.23 Å². The number of H-pyrrole nitrogens is 1. The summed E-state index contributed by atoms with van der Waals surface area (Å²) >= 11 is 0. The van der Waals surface area contributed by atoms with Gasteiger partial charge in [-0.15, -0.1) is 5.23 Å². The normalized spacial score (nSPS) is 24.3. The second kappa shape index (κ2) is 7.89. The van der Waals surface area contributed by atoms with Gasteiger partial charge in [-0.1, -0.05) is 42.0 Å². The summed E-state index contributed by atoms with van der Waals surface area (Å²) in [6, 6.07) is 10.4. The van der Waals surface area contributed by atoms with Crippen molar-refractivity contribution in [1.82, 2.24) is 4.98 Å². The zero-order valence-corrected chi connectivity index (χ0v) is 17.0. The van der Waals surface area contributed by atoms with Crippen LogP contribution in [0, 0.1) is 5.92 Å². The highest BCUT2D eigenvalue weighted by molar-refractivity contribution is 5.81. The first-order valence-electron chi connectivity index (χ1n) is 10.00. The Kier molecular flexibility index (Phi) is 5.28. The molecule has 30 heavy (non-hydrogen) atoms. The van der Waals surface area contributed by atoms with Crippen molar-refractivity contribution < 1.29 is 10.4 Å². The summed E-state index contributed by atoms with van der Waals surface area (Å²) < 4.78 is 0. The standard InChI is InChI=1S/C24H25N3O3/c1-3-19-18-13-16(2)15-24(19,20-10-11-23(28)26-21(20)14-18)25-12-6-8-17-7-4-5-9-22(17)27(29)30/h3-13,18,29-30H,14-15H2,1-2H3,(H,26,28)/b8-6+,19-3+,25-12+. The molecule has 2 aliphatic rings. The molecule has 0 saturated heterocycles. The number of aromatic amines is 1. The highest BCUT2D eigenvalue weighted by atomic mass is 16.8. The van der Waals surface area contributed by atoms with Crippen molar-refractivity contribution in [2.24, 2.45) is 10.9 Å². The lowest BCUT2D eigenvalue weighted by molar-refractivity contribution is 0.0290. The Bertz CT molecular complexity index is 1140. The van der Waals surface area contributed by atoms with Gasteiger partial charge in [0.1, 0.15) is 11.2 Å². The molecule has 0 aliphatic heterocycles. The van der Waals surface area contributed by atoms with Gasteiger partial charge in [0.25, 0.3) is 0 Å². The number of hydrogen-bond donors (Lipinski definition) is 3. The van der Waals surface area contributed by atoms with Crippen LogP contribution in [0.4, 0.5) is 5.69 Å². The van der Waals surface area contributed by atoms with Crippen molar-refractivity contribution in [2.45, 2.75) is 32.2 Å². The van der Waals surface area contributed by atoms with Crippen LogP contribution < -0.4 is 10.8 Å². The van der Waals surface area contributed by atoms with Gasteiger partial charge in [0, 0.05) is 41.4 Å². The van der Waals surface area contributed by atoms with Crippen LogP contribution in [0.1, 0.15) is 37.1 Å². The topological polar surface area (TPSA) is 88.9 Å². The number of aromatic nitrogens is 1. The molecule has 2 bridgehead atoms. The summed E-state index contributed by atoms with van der Waals surface area (Å²) in [5, 5.41) is 18.9. The number of rotatable bonds is 4. The second-order valence-corrected chi connectivity index (χ2v) is 7.81. The minimum absolute atomic E-state index is 0.0929. The number of nitrogens with one attached hydrogen (secondary N) is 1. The molecule has 1 heterocycles. The van der Waals surface area contributed by atoms with E-state index in [9.17, 15) is 15.2 Å². The molecule has 3 N–H and O–H groups in total. The van der Waals surface area contributed by atoms with Gasteiger partial charge in [0.15, 0.2) is 0 Å². The molecule has 2 aromatic rings. The fraction of sp³-hybridized carbons (Fsp3) is 0.250. The predicted octanol–water partition coefficient (Wildman–Crippen LogP) is 4.41. The quantitative estimate of drug-likeness (QED) is 0.401. The van der Waals surface area contributed by atoms with E-state index in [2.05, 4.69) is 24.1 Å². The third-order valence-electron chi connectivity index (χ3n) is 5.89. The molecule has 0 saturated carbocycles. The number of pyridine rings is 1. The molecule has 2 unspecified atom stereocenters. The smallest absolute Gasteiger partial charge is 0.248 e. The van der Waals surface area contributed by atoms with Crippen LogP contribution in [-0.2, 0) is 12.0 Å². The number of aliphatic imine (C=N–C) groups is 1. The number of nitrogens with zero attached hydrogens (tertiary/aromatic N) is 2. The zero-order chi connectivity index (χ0) is 21.3. The van der Waals surface area contributed by atoms with Crippen molar-refractivity contribution >= 4 is 18.0 Å². The molecule has 6 nitrogen and oxygen atoms in total. The van der Waals surface area contributed by atoms with Crippen molar-refractivity contribution in [3.63, 3.8) is 0 Å². The summed E-state index contributed by atoms with van der Waals surface area (Å²) in [6.07, 6.45) is 11.3. The van der Waals surface area contributed by atoms with Gasteiger partial charge >= 0.3 is 0 Å². The Labute approximate surface area is 175 Å². The molecule has 154 valence electrons. The molecule has 1 aromatic heterocycles. The number of benzene rings is 1. The Balaban J connectivity index is 1.76. The largest absolute Gasteiger partial charge is 0.326 e. The Morgan fingerprint density at radius 3 is 2.80 bits per heavy atom. The monoisotopic (exact) mass is 403 g/mol. The van der Waals surface area contributed by atoms with Gasteiger partial charge in [-0.3, -0.25) is 20.2 Å². The molecular formula is C24H25N3O3. The van der Waals surface area contributed by atoms with Crippen molar-refractivity contribution in [3.8, 4) is 0 Å². The van der Waals surface area contributed by atoms with Crippen LogP contribution >= 0.6 is 0 Å². The SMILES string of the molecule is C/C=C1\C2C=C(C)CC1(/N=C/C=C/c1ccccc1N(O)O)c1ccc(=O)[nH]c1C2. The van der Waals surface area contributed by atoms with Gasteiger partial charge in [-0.2, -0.15) is 0 Å². The van der Waals surface area contributed by atoms with Gasteiger partial charge in [0.05, 0.1) is 0 Å². The van der Waals surface area contributed by atoms with Gasteiger partial charge in [-0.25, -0.2) is 0 Å². The maximum absolute atomic E-state index is 11.9. The summed E-state index contributed by atoms with van der Waals surface area (Å²) in [6.45, 7) is 4.17. The number of para-hydroxylation sites is 1. The average molecular weight is 403 g/mol. The summed E-state index contributed by atoms with van der Waals surface area (Å²) in [7, 11) is 0. The van der Waals surface area contributed by atoms with Crippen LogP contribution in [0.5, 0.6) is 0 Å². The van der Waals surface area contributed by atoms with Crippen LogP contribution in [0.3, 0.4) is 0 Å². The predicted molar refractivity (Wildman–Crippen MR) is 118 cm³/mol. The van der Waals surface area contributed by atoms with Gasteiger partial charge < -0.3 is 4.98 Å². The maximum Gasteiger partial charge on any atom is 0.248 e.